The smallest absolute Gasteiger partial charge is 0.276 e. The summed E-state index contributed by atoms with van der Waals surface area (Å²) < 4.78 is 32.4. The first kappa shape index (κ1) is 21.3. The number of carbonyl (C=O) groups is 2. The van der Waals surface area contributed by atoms with Gasteiger partial charge in [-0.25, -0.2) is 8.42 Å². The Morgan fingerprint density at radius 2 is 1.75 bits per heavy atom. The Morgan fingerprint density at radius 3 is 2.56 bits per heavy atom. The van der Waals surface area contributed by atoms with Crippen LogP contribution >= 0.6 is 0 Å². The largest absolute Gasteiger partial charge is 0.483 e. The Morgan fingerprint density at radius 1 is 1.00 bits per heavy atom. The van der Waals surface area contributed by atoms with Crippen LogP contribution in [0.1, 0.15) is 0 Å². The van der Waals surface area contributed by atoms with E-state index < -0.39 is 21.8 Å². The van der Waals surface area contributed by atoms with Gasteiger partial charge in [-0.05, 0) is 23.8 Å². The highest BCUT2D eigenvalue weighted by Crippen LogP contribution is 2.29. The second-order valence-corrected chi connectivity index (χ2v) is 8.75. The van der Waals surface area contributed by atoms with Crippen LogP contribution in [-0.2, 0) is 19.6 Å². The van der Waals surface area contributed by atoms with Gasteiger partial charge < -0.3 is 9.64 Å². The zero-order chi connectivity index (χ0) is 22.6. The van der Waals surface area contributed by atoms with Gasteiger partial charge >= 0.3 is 0 Å². The van der Waals surface area contributed by atoms with Crippen molar-refractivity contribution < 1.29 is 22.7 Å². The van der Waals surface area contributed by atoms with Crippen molar-refractivity contribution in [1.29, 1.82) is 0 Å². The molecule has 0 aliphatic carbocycles. The normalized spacial score (nSPS) is 16.3. The molecule has 0 saturated carbocycles. The number of hydrazine groups is 1. The summed E-state index contributed by atoms with van der Waals surface area (Å²) >= 11 is 0. The zero-order valence-corrected chi connectivity index (χ0v) is 17.7. The minimum atomic E-state index is -3.47. The third-order valence-corrected chi connectivity index (χ3v) is 5.90. The van der Waals surface area contributed by atoms with E-state index in [2.05, 4.69) is 15.2 Å². The fourth-order valence-electron chi connectivity index (χ4n) is 3.16. The molecule has 2 heterocycles. The average molecular weight is 452 g/mol. The highest BCUT2D eigenvalue weighted by molar-refractivity contribution is 7.90. The average Bonchev–Trinajstić information content (AvgIpc) is 2.81. The maximum absolute atomic E-state index is 12.3. The van der Waals surface area contributed by atoms with E-state index >= 15 is 0 Å². The maximum Gasteiger partial charge on any atom is 0.276 e. The number of amidine groups is 1. The minimum Gasteiger partial charge on any atom is -0.483 e. The molecule has 164 valence electrons. The van der Waals surface area contributed by atoms with Crippen LogP contribution < -0.4 is 15.6 Å². The molecule has 0 radical (unpaired) electrons. The van der Waals surface area contributed by atoms with Crippen LogP contribution in [0.15, 0.2) is 82.9 Å². The van der Waals surface area contributed by atoms with Gasteiger partial charge in [0.2, 0.25) is 0 Å². The summed E-state index contributed by atoms with van der Waals surface area (Å²) in [5, 5.41) is 0. The highest BCUT2D eigenvalue weighted by atomic mass is 32.2. The lowest BCUT2D eigenvalue weighted by Crippen LogP contribution is -2.45. The van der Waals surface area contributed by atoms with Gasteiger partial charge in [0.25, 0.3) is 21.8 Å². The zero-order valence-electron chi connectivity index (χ0n) is 16.9. The topological polar surface area (TPSA) is 117 Å². The molecule has 4 rings (SSSR count). The van der Waals surface area contributed by atoms with E-state index in [0.717, 1.165) is 11.1 Å². The number of sulfonamides is 1. The second-order valence-electron chi connectivity index (χ2n) is 7.00. The number of rotatable bonds is 5. The van der Waals surface area contributed by atoms with Crippen LogP contribution in [0.2, 0.25) is 0 Å². The van der Waals surface area contributed by atoms with E-state index in [1.54, 1.807) is 11.0 Å². The van der Waals surface area contributed by atoms with Gasteiger partial charge in [0.15, 0.2) is 6.61 Å². The molecule has 10 heteroatoms. The molecular weight excluding hydrogens is 432 g/mol. The Hall–Kier alpha value is -3.92. The van der Waals surface area contributed by atoms with Crippen molar-refractivity contribution >= 4 is 27.7 Å². The van der Waals surface area contributed by atoms with Crippen molar-refractivity contribution in [3.8, 4) is 16.9 Å². The Kier molecular flexibility index (Phi) is 6.04. The van der Waals surface area contributed by atoms with Crippen molar-refractivity contribution in [2.24, 2.45) is 4.40 Å². The summed E-state index contributed by atoms with van der Waals surface area (Å²) in [5.41, 5.74) is 6.69. The predicted molar refractivity (Wildman–Crippen MR) is 119 cm³/mol. The highest BCUT2D eigenvalue weighted by Gasteiger charge is 2.25. The van der Waals surface area contributed by atoms with E-state index in [4.69, 9.17) is 4.74 Å². The molecule has 0 aromatic heterocycles. The fraction of sp³-hybridized carbons (Fsp3) is 0.136. The molecular formula is C22H20N4O5S. The molecule has 32 heavy (non-hydrogen) atoms. The van der Waals surface area contributed by atoms with Gasteiger partial charge in [-0.2, -0.15) is 0 Å². The van der Waals surface area contributed by atoms with Crippen LogP contribution in [0.25, 0.3) is 11.1 Å². The van der Waals surface area contributed by atoms with Crippen molar-refractivity contribution in [3.63, 3.8) is 0 Å². The summed E-state index contributed by atoms with van der Waals surface area (Å²) in [4.78, 5) is 26.1. The number of carbonyl (C=O) groups excluding carboxylic acids is 2. The van der Waals surface area contributed by atoms with Gasteiger partial charge in [0, 0.05) is 18.3 Å². The van der Waals surface area contributed by atoms with Gasteiger partial charge in [-0.1, -0.05) is 48.5 Å². The SMILES string of the molecule is O=C(COc1ccccc1-c1ccccc1)NNC(=O)C1=CN2CCS(=O)(=O)N=C2C=C1. The van der Waals surface area contributed by atoms with Gasteiger partial charge in [0.05, 0.1) is 11.3 Å². The molecule has 2 aromatic carbocycles. The Balaban J connectivity index is 1.32. The number of fused-ring (bicyclic) bond motifs is 1. The summed E-state index contributed by atoms with van der Waals surface area (Å²) in [6.45, 7) is -0.0941. The lowest BCUT2D eigenvalue weighted by molar-refractivity contribution is -0.128. The third-order valence-electron chi connectivity index (χ3n) is 4.73. The van der Waals surface area contributed by atoms with Gasteiger partial charge in [0.1, 0.15) is 11.6 Å². The monoisotopic (exact) mass is 452 g/mol. The number of nitrogens with zero attached hydrogens (tertiary/aromatic N) is 2. The van der Waals surface area contributed by atoms with Crippen LogP contribution in [0, 0.1) is 0 Å². The quantitative estimate of drug-likeness (QED) is 0.662. The van der Waals surface area contributed by atoms with E-state index in [-0.39, 0.29) is 30.3 Å². The number of para-hydroxylation sites is 1. The van der Waals surface area contributed by atoms with Crippen molar-refractivity contribution in [2.75, 3.05) is 18.9 Å². The summed E-state index contributed by atoms with van der Waals surface area (Å²) in [5.74, 6) is -0.416. The molecule has 0 saturated heterocycles. The summed E-state index contributed by atoms with van der Waals surface area (Å²) in [6.07, 6.45) is 4.36. The molecule has 0 unspecified atom stereocenters. The van der Waals surface area contributed by atoms with Crippen LogP contribution in [-0.4, -0.2) is 49.9 Å². The second kappa shape index (κ2) is 9.06. The van der Waals surface area contributed by atoms with Gasteiger partial charge in [-0.15, -0.1) is 4.40 Å². The first-order valence-corrected chi connectivity index (χ1v) is 11.4. The van der Waals surface area contributed by atoms with Crippen molar-refractivity contribution in [1.82, 2.24) is 15.8 Å². The van der Waals surface area contributed by atoms with Crippen LogP contribution in [0.4, 0.5) is 0 Å². The maximum atomic E-state index is 12.3. The molecule has 9 nitrogen and oxygen atoms in total. The predicted octanol–water partition coefficient (Wildman–Crippen LogP) is 1.38. The number of hydrogen-bond donors (Lipinski definition) is 2. The third kappa shape index (κ3) is 5.03. The first-order valence-electron chi connectivity index (χ1n) is 9.77. The Labute approximate surface area is 185 Å². The van der Waals surface area contributed by atoms with Crippen molar-refractivity contribution in [3.05, 3.63) is 78.5 Å². The van der Waals surface area contributed by atoms with E-state index in [0.29, 0.717) is 5.75 Å². The lowest BCUT2D eigenvalue weighted by atomic mass is 10.1. The number of ether oxygens (including phenoxy) is 1. The molecule has 0 fully saturated rings. The van der Waals surface area contributed by atoms with Crippen LogP contribution in [0.3, 0.4) is 0 Å². The molecule has 0 spiro atoms. The first-order chi connectivity index (χ1) is 15.4. The molecule has 0 bridgehead atoms. The Bertz CT molecular complexity index is 1240. The number of hydrogen-bond acceptors (Lipinski definition) is 6. The molecule has 2 aliphatic rings. The molecule has 2 N–H and O–H groups in total. The van der Waals surface area contributed by atoms with E-state index in [1.165, 1.54) is 18.4 Å². The molecule has 2 amide bonds. The number of nitrogens with one attached hydrogen (secondary N) is 2. The van der Waals surface area contributed by atoms with E-state index in [9.17, 15) is 18.0 Å². The minimum absolute atomic E-state index is 0.131. The molecule has 2 aliphatic heterocycles. The summed E-state index contributed by atoms with van der Waals surface area (Å²) in [6, 6.07) is 17.0. The molecule has 0 atom stereocenters. The molecule has 2 aromatic rings. The number of amides is 2. The van der Waals surface area contributed by atoms with Crippen molar-refractivity contribution in [2.45, 2.75) is 0 Å². The fourth-order valence-corrected chi connectivity index (χ4v) is 4.13. The standard InChI is InChI=1S/C22H20N4O5S/c27-21(15-31-19-9-5-4-8-18(19)16-6-2-1-3-7-16)23-24-22(28)17-10-11-20-25-32(29,30)13-12-26(20)14-17/h1-11,14H,12-13,15H2,(H,23,27)(H,24,28). The number of benzene rings is 2. The lowest BCUT2D eigenvalue weighted by Gasteiger charge is -2.26. The van der Waals surface area contributed by atoms with E-state index in [1.807, 2.05) is 48.5 Å². The van der Waals surface area contributed by atoms with Crippen LogP contribution in [0.5, 0.6) is 5.75 Å². The van der Waals surface area contributed by atoms with Gasteiger partial charge in [-0.3, -0.25) is 20.4 Å². The summed E-state index contributed by atoms with van der Waals surface area (Å²) in [7, 11) is -3.47.